The van der Waals surface area contributed by atoms with Crippen LogP contribution in [0.3, 0.4) is 0 Å². The van der Waals surface area contributed by atoms with Gasteiger partial charge in [0, 0.05) is 38.1 Å². The summed E-state index contributed by atoms with van der Waals surface area (Å²) in [6.07, 6.45) is 3.05. The molecule has 0 aliphatic heterocycles. The molecule has 0 radical (unpaired) electrons. The molecular weight excluding hydrogens is 254 g/mol. The van der Waals surface area contributed by atoms with E-state index in [0.29, 0.717) is 5.92 Å². The number of hydrogen-bond donors (Lipinski definition) is 1. The summed E-state index contributed by atoms with van der Waals surface area (Å²) in [6, 6.07) is 0. The van der Waals surface area contributed by atoms with E-state index in [-0.39, 0.29) is 0 Å². The third-order valence-corrected chi connectivity index (χ3v) is 3.29. The average molecular weight is 283 g/mol. The van der Waals surface area contributed by atoms with Crippen LogP contribution < -0.4 is 5.32 Å². The first-order valence-corrected chi connectivity index (χ1v) is 7.43. The maximum atomic E-state index is 5.63. The van der Waals surface area contributed by atoms with Crippen LogP contribution in [0.15, 0.2) is 6.20 Å². The summed E-state index contributed by atoms with van der Waals surface area (Å²) < 4.78 is 12.7. The monoisotopic (exact) mass is 283 g/mol. The van der Waals surface area contributed by atoms with E-state index in [0.717, 1.165) is 45.9 Å². The van der Waals surface area contributed by atoms with Crippen molar-refractivity contribution in [3.8, 4) is 0 Å². The van der Waals surface area contributed by atoms with E-state index in [9.17, 15) is 0 Å². The molecule has 1 aromatic heterocycles. The standard InChI is InChI=1S/C15H29N3O2/c1-13(2)5-8-20-10-7-18-14(3)15(12-17-18)11-16-6-9-19-4/h12-13,16H,5-11H2,1-4H3. The zero-order valence-corrected chi connectivity index (χ0v) is 13.3. The molecular formula is C15H29N3O2. The van der Waals surface area contributed by atoms with Crippen molar-refractivity contribution in [3.63, 3.8) is 0 Å². The zero-order valence-electron chi connectivity index (χ0n) is 13.3. The lowest BCUT2D eigenvalue weighted by molar-refractivity contribution is 0.113. The molecule has 116 valence electrons. The summed E-state index contributed by atoms with van der Waals surface area (Å²) in [4.78, 5) is 0. The normalized spacial score (nSPS) is 11.4. The van der Waals surface area contributed by atoms with Crippen molar-refractivity contribution < 1.29 is 9.47 Å². The van der Waals surface area contributed by atoms with Gasteiger partial charge in [0.1, 0.15) is 0 Å². The highest BCUT2D eigenvalue weighted by atomic mass is 16.5. The Bertz CT molecular complexity index is 364. The lowest BCUT2D eigenvalue weighted by Crippen LogP contribution is -2.19. The highest BCUT2D eigenvalue weighted by Crippen LogP contribution is 2.07. The molecule has 0 saturated carbocycles. The quantitative estimate of drug-likeness (QED) is 0.631. The zero-order chi connectivity index (χ0) is 14.8. The molecule has 5 nitrogen and oxygen atoms in total. The topological polar surface area (TPSA) is 48.3 Å². The van der Waals surface area contributed by atoms with Gasteiger partial charge in [0.2, 0.25) is 0 Å². The van der Waals surface area contributed by atoms with Crippen LogP contribution in [0.25, 0.3) is 0 Å². The summed E-state index contributed by atoms with van der Waals surface area (Å²) in [7, 11) is 1.71. The molecule has 0 spiro atoms. The summed E-state index contributed by atoms with van der Waals surface area (Å²) in [5, 5.41) is 7.75. The molecule has 0 bridgehead atoms. The van der Waals surface area contributed by atoms with Gasteiger partial charge in [-0.05, 0) is 19.3 Å². The van der Waals surface area contributed by atoms with Gasteiger partial charge in [-0.2, -0.15) is 5.10 Å². The lowest BCUT2D eigenvalue weighted by Gasteiger charge is -2.08. The maximum absolute atomic E-state index is 5.63. The SMILES string of the molecule is COCCNCc1cnn(CCOCCC(C)C)c1C. The van der Waals surface area contributed by atoms with Gasteiger partial charge in [-0.3, -0.25) is 4.68 Å². The first kappa shape index (κ1) is 17.1. The van der Waals surface area contributed by atoms with Gasteiger partial charge in [0.25, 0.3) is 0 Å². The molecule has 0 aromatic carbocycles. The number of nitrogens with one attached hydrogen (secondary N) is 1. The van der Waals surface area contributed by atoms with Crippen LogP contribution >= 0.6 is 0 Å². The second-order valence-electron chi connectivity index (χ2n) is 5.44. The number of hydrogen-bond acceptors (Lipinski definition) is 4. The van der Waals surface area contributed by atoms with Crippen LogP contribution in [0.4, 0.5) is 0 Å². The third-order valence-electron chi connectivity index (χ3n) is 3.29. The molecule has 0 unspecified atom stereocenters. The van der Waals surface area contributed by atoms with Crippen LogP contribution in [0, 0.1) is 12.8 Å². The van der Waals surface area contributed by atoms with E-state index < -0.39 is 0 Å². The lowest BCUT2D eigenvalue weighted by atomic mass is 10.1. The predicted octanol–water partition coefficient (Wildman–Crippen LogP) is 1.99. The Morgan fingerprint density at radius 1 is 1.30 bits per heavy atom. The molecule has 1 heterocycles. The molecule has 0 aliphatic rings. The van der Waals surface area contributed by atoms with Crippen molar-refractivity contribution in [2.75, 3.05) is 33.5 Å². The van der Waals surface area contributed by atoms with Gasteiger partial charge in [0.15, 0.2) is 0 Å². The van der Waals surface area contributed by atoms with Crippen molar-refractivity contribution in [1.29, 1.82) is 0 Å². The fraction of sp³-hybridized carbons (Fsp3) is 0.800. The Morgan fingerprint density at radius 2 is 2.10 bits per heavy atom. The predicted molar refractivity (Wildman–Crippen MR) is 80.8 cm³/mol. The maximum Gasteiger partial charge on any atom is 0.0662 e. The number of methoxy groups -OCH3 is 1. The molecule has 0 atom stereocenters. The minimum absolute atomic E-state index is 0.700. The molecule has 20 heavy (non-hydrogen) atoms. The second-order valence-corrected chi connectivity index (χ2v) is 5.44. The molecule has 1 rings (SSSR count). The van der Waals surface area contributed by atoms with Gasteiger partial charge in [-0.1, -0.05) is 13.8 Å². The van der Waals surface area contributed by atoms with E-state index in [1.807, 2.05) is 10.9 Å². The first-order chi connectivity index (χ1) is 9.65. The minimum Gasteiger partial charge on any atom is -0.383 e. The number of rotatable bonds is 11. The van der Waals surface area contributed by atoms with Crippen LogP contribution in [0.5, 0.6) is 0 Å². The van der Waals surface area contributed by atoms with E-state index in [4.69, 9.17) is 9.47 Å². The molecule has 0 aliphatic carbocycles. The van der Waals surface area contributed by atoms with Gasteiger partial charge in [0.05, 0.1) is 26.0 Å². The van der Waals surface area contributed by atoms with Crippen molar-refractivity contribution in [2.45, 2.75) is 40.3 Å². The molecule has 1 aromatic rings. The summed E-state index contributed by atoms with van der Waals surface area (Å²) in [5.41, 5.74) is 2.45. The molecule has 0 fully saturated rings. The highest BCUT2D eigenvalue weighted by molar-refractivity contribution is 5.15. The van der Waals surface area contributed by atoms with Crippen molar-refractivity contribution in [1.82, 2.24) is 15.1 Å². The smallest absolute Gasteiger partial charge is 0.0662 e. The fourth-order valence-electron chi connectivity index (χ4n) is 1.85. The van der Waals surface area contributed by atoms with Gasteiger partial charge >= 0.3 is 0 Å². The molecule has 1 N–H and O–H groups in total. The largest absolute Gasteiger partial charge is 0.383 e. The van der Waals surface area contributed by atoms with Crippen molar-refractivity contribution in [3.05, 3.63) is 17.5 Å². The number of aromatic nitrogens is 2. The molecule has 0 saturated heterocycles. The van der Waals surface area contributed by atoms with E-state index in [1.165, 1.54) is 11.3 Å². The van der Waals surface area contributed by atoms with Gasteiger partial charge in [-0.25, -0.2) is 0 Å². The van der Waals surface area contributed by atoms with E-state index >= 15 is 0 Å². The first-order valence-electron chi connectivity index (χ1n) is 7.43. The van der Waals surface area contributed by atoms with E-state index in [2.05, 4.69) is 31.2 Å². The van der Waals surface area contributed by atoms with Crippen LogP contribution in [0.2, 0.25) is 0 Å². The summed E-state index contributed by atoms with van der Waals surface area (Å²) >= 11 is 0. The van der Waals surface area contributed by atoms with Gasteiger partial charge in [-0.15, -0.1) is 0 Å². The Labute approximate surface area is 122 Å². The highest BCUT2D eigenvalue weighted by Gasteiger charge is 2.05. The summed E-state index contributed by atoms with van der Waals surface area (Å²) in [5.74, 6) is 0.700. The third kappa shape index (κ3) is 6.50. The Balaban J connectivity index is 2.24. The minimum atomic E-state index is 0.700. The molecule has 5 heteroatoms. The Kier molecular flexibility index (Phi) is 8.49. The van der Waals surface area contributed by atoms with E-state index in [1.54, 1.807) is 7.11 Å². The Hall–Kier alpha value is -0.910. The number of ether oxygens (including phenoxy) is 2. The Morgan fingerprint density at radius 3 is 2.80 bits per heavy atom. The summed E-state index contributed by atoms with van der Waals surface area (Å²) in [6.45, 7) is 11.3. The number of nitrogens with zero attached hydrogens (tertiary/aromatic N) is 2. The van der Waals surface area contributed by atoms with Crippen LogP contribution in [0.1, 0.15) is 31.5 Å². The van der Waals surface area contributed by atoms with Crippen molar-refractivity contribution >= 4 is 0 Å². The van der Waals surface area contributed by atoms with Crippen molar-refractivity contribution in [2.24, 2.45) is 5.92 Å². The van der Waals surface area contributed by atoms with Crippen LogP contribution in [-0.4, -0.2) is 43.3 Å². The van der Waals surface area contributed by atoms with Crippen LogP contribution in [-0.2, 0) is 22.6 Å². The molecule has 0 amide bonds. The average Bonchev–Trinajstić information content (AvgIpc) is 2.75. The fourth-order valence-corrected chi connectivity index (χ4v) is 1.85. The second kappa shape index (κ2) is 9.91. The van der Waals surface area contributed by atoms with Gasteiger partial charge < -0.3 is 14.8 Å².